The van der Waals surface area contributed by atoms with E-state index >= 15 is 0 Å². The highest BCUT2D eigenvalue weighted by molar-refractivity contribution is 9.10. The summed E-state index contributed by atoms with van der Waals surface area (Å²) in [4.78, 5) is 33.6. The normalized spacial score (nSPS) is 15.8. The molecule has 0 spiro atoms. The number of benzene rings is 2. The highest BCUT2D eigenvalue weighted by Gasteiger charge is 2.33. The van der Waals surface area contributed by atoms with Crippen LogP contribution >= 0.6 is 27.3 Å². The fraction of sp³-hybridized carbons (Fsp3) is 0.240. The molecule has 0 amide bonds. The number of carbonyl (C=O) groups is 1. The third-order valence-electron chi connectivity index (χ3n) is 5.38. The Morgan fingerprint density at radius 3 is 2.61 bits per heavy atom. The van der Waals surface area contributed by atoms with Gasteiger partial charge in [-0.15, -0.1) is 0 Å². The number of ether oxygens (including phenoxy) is 1. The van der Waals surface area contributed by atoms with Crippen molar-refractivity contribution < 1.29 is 9.53 Å². The minimum absolute atomic E-state index is 0.185. The number of halogens is 1. The van der Waals surface area contributed by atoms with E-state index in [1.165, 1.54) is 11.3 Å². The number of anilines is 1. The first-order valence-corrected chi connectivity index (χ1v) is 12.1. The number of nitrogens with zero attached hydrogens (tertiary/aromatic N) is 3. The van der Waals surface area contributed by atoms with Crippen molar-refractivity contribution in [3.63, 3.8) is 0 Å². The third-order valence-corrected chi connectivity index (χ3v) is 7.00. The summed E-state index contributed by atoms with van der Waals surface area (Å²) < 4.78 is 8.42. The van der Waals surface area contributed by atoms with Crippen LogP contribution < -0.4 is 19.8 Å². The molecule has 1 aliphatic rings. The lowest BCUT2D eigenvalue weighted by molar-refractivity contribution is -0.139. The molecule has 0 bridgehead atoms. The van der Waals surface area contributed by atoms with E-state index in [4.69, 9.17) is 4.74 Å². The van der Waals surface area contributed by atoms with Crippen LogP contribution in [0.25, 0.3) is 6.08 Å². The number of hydrogen-bond acceptors (Lipinski definition) is 6. The summed E-state index contributed by atoms with van der Waals surface area (Å²) in [5.41, 5.74) is 3.55. The maximum Gasteiger partial charge on any atom is 0.338 e. The molecule has 1 aliphatic heterocycles. The van der Waals surface area contributed by atoms with Gasteiger partial charge < -0.3 is 9.64 Å². The van der Waals surface area contributed by atoms with Gasteiger partial charge in [0.25, 0.3) is 5.56 Å². The molecule has 0 aliphatic carbocycles. The Morgan fingerprint density at radius 1 is 1.24 bits per heavy atom. The van der Waals surface area contributed by atoms with Crippen molar-refractivity contribution in [3.8, 4) is 0 Å². The van der Waals surface area contributed by atoms with Crippen LogP contribution in [0.4, 0.5) is 5.69 Å². The molecule has 33 heavy (non-hydrogen) atoms. The van der Waals surface area contributed by atoms with Crippen molar-refractivity contribution in [2.45, 2.75) is 19.9 Å². The molecule has 8 heteroatoms. The van der Waals surface area contributed by atoms with Gasteiger partial charge in [0.05, 0.1) is 34.1 Å². The van der Waals surface area contributed by atoms with E-state index in [1.54, 1.807) is 18.4 Å². The van der Waals surface area contributed by atoms with Gasteiger partial charge in [-0.25, -0.2) is 9.79 Å². The quantitative estimate of drug-likeness (QED) is 0.477. The lowest BCUT2D eigenvalue weighted by Gasteiger charge is -2.24. The van der Waals surface area contributed by atoms with Crippen molar-refractivity contribution in [2.75, 3.05) is 25.6 Å². The summed E-state index contributed by atoms with van der Waals surface area (Å²) in [7, 11) is 3.95. The van der Waals surface area contributed by atoms with Crippen LogP contribution in [-0.4, -0.2) is 31.2 Å². The first-order chi connectivity index (χ1) is 15.8. The Balaban J connectivity index is 1.91. The first-order valence-electron chi connectivity index (χ1n) is 10.5. The topological polar surface area (TPSA) is 63.9 Å². The summed E-state index contributed by atoms with van der Waals surface area (Å²) in [5.74, 6) is -0.454. The van der Waals surface area contributed by atoms with Crippen LogP contribution in [0.2, 0.25) is 0 Å². The van der Waals surface area contributed by atoms with E-state index in [-0.39, 0.29) is 12.2 Å². The van der Waals surface area contributed by atoms with Gasteiger partial charge in [-0.2, -0.15) is 0 Å². The molecular formula is C25H24BrN3O3S. The van der Waals surface area contributed by atoms with E-state index < -0.39 is 12.0 Å². The number of aromatic nitrogens is 1. The Hall–Kier alpha value is -2.97. The van der Waals surface area contributed by atoms with Gasteiger partial charge >= 0.3 is 5.97 Å². The van der Waals surface area contributed by atoms with Crippen LogP contribution in [0.3, 0.4) is 0 Å². The maximum absolute atomic E-state index is 13.6. The number of hydrogen-bond donors (Lipinski definition) is 0. The molecule has 2 aromatic carbocycles. The van der Waals surface area contributed by atoms with Gasteiger partial charge in [0.1, 0.15) is 0 Å². The largest absolute Gasteiger partial charge is 0.463 e. The van der Waals surface area contributed by atoms with Gasteiger partial charge in [0, 0.05) is 18.6 Å². The average molecular weight is 526 g/mol. The number of carbonyl (C=O) groups excluding carboxylic acids is 1. The van der Waals surface area contributed by atoms with Crippen molar-refractivity contribution >= 4 is 45.0 Å². The Bertz CT molecular complexity index is 1420. The van der Waals surface area contributed by atoms with E-state index in [0.29, 0.717) is 20.6 Å². The molecule has 0 saturated carbocycles. The van der Waals surface area contributed by atoms with Gasteiger partial charge in [0.2, 0.25) is 0 Å². The minimum Gasteiger partial charge on any atom is -0.463 e. The molecular weight excluding hydrogens is 502 g/mol. The van der Waals surface area contributed by atoms with Gasteiger partial charge in [-0.3, -0.25) is 9.36 Å². The summed E-state index contributed by atoms with van der Waals surface area (Å²) in [5, 5.41) is 0. The summed E-state index contributed by atoms with van der Waals surface area (Å²) in [6.07, 6.45) is 1.86. The molecule has 1 atom stereocenters. The molecule has 0 radical (unpaired) electrons. The average Bonchev–Trinajstić information content (AvgIpc) is 3.07. The Morgan fingerprint density at radius 2 is 1.97 bits per heavy atom. The zero-order chi connectivity index (χ0) is 23.7. The SMILES string of the molecule is CCOC(=O)C1=C(C)N=c2sc(=Cc3ccc(N(C)C)c(Br)c3)c(=O)n2C1c1ccccc1. The van der Waals surface area contributed by atoms with E-state index in [1.807, 2.05) is 73.6 Å². The van der Waals surface area contributed by atoms with Gasteiger partial charge in [-0.1, -0.05) is 47.7 Å². The lowest BCUT2D eigenvalue weighted by Crippen LogP contribution is -2.39. The number of thiazole rings is 1. The predicted molar refractivity (Wildman–Crippen MR) is 135 cm³/mol. The van der Waals surface area contributed by atoms with E-state index in [0.717, 1.165) is 21.3 Å². The highest BCUT2D eigenvalue weighted by Crippen LogP contribution is 2.30. The Kier molecular flexibility index (Phi) is 6.67. The molecule has 0 N–H and O–H groups in total. The molecule has 4 rings (SSSR count). The predicted octanol–water partition coefficient (Wildman–Crippen LogP) is 3.63. The standard InChI is InChI=1S/C25H24BrN3O3S/c1-5-32-24(31)21-15(2)27-25-29(22(21)17-9-7-6-8-10-17)23(30)20(33-25)14-16-11-12-19(28(3)4)18(26)13-16/h6-14,22H,5H2,1-4H3. The second kappa shape index (κ2) is 9.49. The van der Waals surface area contributed by atoms with Crippen LogP contribution in [0, 0.1) is 0 Å². The maximum atomic E-state index is 13.6. The molecule has 3 aromatic rings. The van der Waals surface area contributed by atoms with Crippen LogP contribution in [0.15, 0.2) is 74.1 Å². The number of esters is 1. The number of rotatable bonds is 5. The molecule has 170 valence electrons. The van der Waals surface area contributed by atoms with Gasteiger partial charge in [-0.05, 0) is 59.1 Å². The van der Waals surface area contributed by atoms with E-state index in [2.05, 4.69) is 20.9 Å². The van der Waals surface area contributed by atoms with Crippen molar-refractivity contribution in [2.24, 2.45) is 4.99 Å². The second-order valence-corrected chi connectivity index (χ2v) is 9.68. The summed E-state index contributed by atoms with van der Waals surface area (Å²) >= 11 is 4.92. The second-order valence-electron chi connectivity index (χ2n) is 7.82. The third kappa shape index (κ3) is 4.45. The zero-order valence-electron chi connectivity index (χ0n) is 18.8. The monoisotopic (exact) mass is 525 g/mol. The molecule has 6 nitrogen and oxygen atoms in total. The van der Waals surface area contributed by atoms with Crippen molar-refractivity contribution in [3.05, 3.63) is 95.1 Å². The fourth-order valence-electron chi connectivity index (χ4n) is 3.87. The number of allylic oxidation sites excluding steroid dienone is 1. The molecule has 1 aromatic heterocycles. The molecule has 1 unspecified atom stereocenters. The number of fused-ring (bicyclic) bond motifs is 1. The van der Waals surface area contributed by atoms with E-state index in [9.17, 15) is 9.59 Å². The molecule has 2 heterocycles. The molecule has 0 saturated heterocycles. The summed E-state index contributed by atoms with van der Waals surface area (Å²) in [6.45, 7) is 3.80. The van der Waals surface area contributed by atoms with Crippen LogP contribution in [-0.2, 0) is 9.53 Å². The van der Waals surface area contributed by atoms with Crippen LogP contribution in [0.1, 0.15) is 31.0 Å². The zero-order valence-corrected chi connectivity index (χ0v) is 21.2. The lowest BCUT2D eigenvalue weighted by atomic mass is 9.96. The smallest absolute Gasteiger partial charge is 0.338 e. The van der Waals surface area contributed by atoms with Gasteiger partial charge in [0.15, 0.2) is 4.80 Å². The first kappa shape index (κ1) is 23.2. The highest BCUT2D eigenvalue weighted by atomic mass is 79.9. The minimum atomic E-state index is -0.591. The summed E-state index contributed by atoms with van der Waals surface area (Å²) in [6, 6.07) is 14.9. The Labute approximate surface area is 204 Å². The fourth-order valence-corrected chi connectivity index (χ4v) is 5.67. The molecule has 0 fully saturated rings. The van der Waals surface area contributed by atoms with Crippen molar-refractivity contribution in [1.29, 1.82) is 0 Å². The van der Waals surface area contributed by atoms with Crippen LogP contribution in [0.5, 0.6) is 0 Å². The van der Waals surface area contributed by atoms with Crippen molar-refractivity contribution in [1.82, 2.24) is 4.57 Å².